The Hall–Kier alpha value is -3.78. The lowest BCUT2D eigenvalue weighted by molar-refractivity contribution is 0.0782. The minimum absolute atomic E-state index is 0.0151. The number of rotatable bonds is 11. The van der Waals surface area contributed by atoms with Crippen molar-refractivity contribution < 1.29 is 9.21 Å². The van der Waals surface area contributed by atoms with E-state index >= 15 is 0 Å². The maximum atomic E-state index is 13.1. The first-order chi connectivity index (χ1) is 21.4. The number of likely N-dealkylation sites (tertiary alicyclic amines) is 1. The zero-order valence-electron chi connectivity index (χ0n) is 24.8. The molecule has 1 saturated heterocycles. The minimum atomic E-state index is 0.0151. The highest BCUT2D eigenvalue weighted by Gasteiger charge is 2.24. The summed E-state index contributed by atoms with van der Waals surface area (Å²) in [5, 5.41) is 4.83. The number of hydrogen-bond acceptors (Lipinski definition) is 5. The molecule has 6 rings (SSSR count). The highest BCUT2D eigenvalue weighted by atomic mass is 35.5. The third-order valence-corrected chi connectivity index (χ3v) is 9.31. The molecule has 0 radical (unpaired) electrons. The zero-order valence-corrected chi connectivity index (χ0v) is 26.3. The number of para-hydroxylation sites is 2. The van der Waals surface area contributed by atoms with Crippen LogP contribution in [-0.4, -0.2) is 64.5 Å². The number of aromatic nitrogens is 2. The molecule has 3 heterocycles. The Morgan fingerprint density at radius 1 is 1.02 bits per heavy atom. The number of furan rings is 1. The number of amides is 1. The first kappa shape index (κ1) is 30.3. The zero-order chi connectivity index (χ0) is 30.5. The van der Waals surface area contributed by atoms with Crippen LogP contribution in [0.1, 0.15) is 46.7 Å². The molecule has 228 valence electrons. The van der Waals surface area contributed by atoms with Gasteiger partial charge in [-0.2, -0.15) is 0 Å². The van der Waals surface area contributed by atoms with Gasteiger partial charge in [0, 0.05) is 49.8 Å². The van der Waals surface area contributed by atoms with Crippen LogP contribution in [0.3, 0.4) is 0 Å². The number of likely N-dealkylation sites (N-methyl/N-ethyl adjacent to an activating group) is 1. The second-order valence-corrected chi connectivity index (χ2v) is 12.4. The van der Waals surface area contributed by atoms with Gasteiger partial charge in [0.1, 0.15) is 0 Å². The Morgan fingerprint density at radius 2 is 1.80 bits per heavy atom. The summed E-state index contributed by atoms with van der Waals surface area (Å²) in [4.78, 5) is 22.4. The first-order valence-electron chi connectivity index (χ1n) is 15.2. The molecule has 0 spiro atoms. The average molecular weight is 631 g/mol. The van der Waals surface area contributed by atoms with Crippen LogP contribution in [0.5, 0.6) is 0 Å². The van der Waals surface area contributed by atoms with Crippen molar-refractivity contribution in [2.24, 2.45) is 0 Å². The molecule has 1 amide bonds. The average Bonchev–Trinajstić information content (AvgIpc) is 3.69. The fourth-order valence-corrected chi connectivity index (χ4v) is 6.38. The van der Waals surface area contributed by atoms with E-state index in [1.54, 1.807) is 12.5 Å². The third-order valence-electron chi connectivity index (χ3n) is 8.57. The molecular weight excluding hydrogens is 593 g/mol. The Balaban J connectivity index is 1.09. The molecular formula is C35H37Cl2N5O2. The van der Waals surface area contributed by atoms with Gasteiger partial charge in [-0.1, -0.05) is 59.6 Å². The van der Waals surface area contributed by atoms with E-state index in [0.29, 0.717) is 34.7 Å². The summed E-state index contributed by atoms with van der Waals surface area (Å²) in [6, 6.07) is 25.9. The van der Waals surface area contributed by atoms with Crippen LogP contribution in [0.2, 0.25) is 10.0 Å². The van der Waals surface area contributed by atoms with Gasteiger partial charge in [0.05, 0.1) is 40.1 Å². The molecule has 1 aliphatic rings. The maximum absolute atomic E-state index is 13.1. The van der Waals surface area contributed by atoms with Gasteiger partial charge in [-0.3, -0.25) is 4.79 Å². The Morgan fingerprint density at radius 3 is 2.55 bits per heavy atom. The van der Waals surface area contributed by atoms with Crippen LogP contribution in [0, 0.1) is 0 Å². The molecule has 1 fully saturated rings. The van der Waals surface area contributed by atoms with E-state index in [4.69, 9.17) is 32.6 Å². The number of carbonyl (C=O) groups excluding carboxylic acids is 1. The lowest BCUT2D eigenvalue weighted by Gasteiger charge is -2.34. The van der Waals surface area contributed by atoms with E-state index in [0.717, 1.165) is 67.0 Å². The molecule has 1 N–H and O–H groups in total. The standard InChI is InChI=1S/C35H37Cl2N5O2/c1-40(34(43)26-7-3-2-4-8-26)23-28(27-11-12-30(36)31(37)21-27)13-17-41-18-14-29(15-19-41)38-35-39-32-9-5-6-10-33(32)42(35)22-25-16-20-44-24-25/h2-12,16,20-21,24,28-29H,13-15,17-19,22-23H2,1H3,(H,38,39). The van der Waals surface area contributed by atoms with Gasteiger partial charge < -0.3 is 24.1 Å². The fourth-order valence-electron chi connectivity index (χ4n) is 6.08. The summed E-state index contributed by atoms with van der Waals surface area (Å²) in [5.41, 5.74) is 4.99. The molecule has 5 aromatic rings. The topological polar surface area (TPSA) is 66.5 Å². The summed E-state index contributed by atoms with van der Waals surface area (Å²) in [5.74, 6) is 1.04. The summed E-state index contributed by atoms with van der Waals surface area (Å²) in [6.07, 6.45) is 6.46. The van der Waals surface area contributed by atoms with Crippen molar-refractivity contribution in [2.45, 2.75) is 37.8 Å². The number of piperidine rings is 1. The molecule has 0 bridgehead atoms. The molecule has 3 aromatic carbocycles. The van der Waals surface area contributed by atoms with Gasteiger partial charge in [0.25, 0.3) is 5.91 Å². The summed E-state index contributed by atoms with van der Waals surface area (Å²) in [6.45, 7) is 4.22. The number of nitrogens with one attached hydrogen (secondary N) is 1. The largest absolute Gasteiger partial charge is 0.472 e. The van der Waals surface area contributed by atoms with Crippen molar-refractivity contribution in [3.8, 4) is 0 Å². The molecule has 0 aliphatic carbocycles. The number of carbonyl (C=O) groups is 1. The maximum Gasteiger partial charge on any atom is 0.253 e. The fraction of sp³-hybridized carbons (Fsp3) is 0.314. The number of hydrogen-bond donors (Lipinski definition) is 1. The smallest absolute Gasteiger partial charge is 0.253 e. The molecule has 0 saturated carbocycles. The normalized spacial score (nSPS) is 15.0. The van der Waals surface area contributed by atoms with Gasteiger partial charge in [0.15, 0.2) is 0 Å². The highest BCUT2D eigenvalue weighted by Crippen LogP contribution is 2.30. The number of imidazole rings is 1. The minimum Gasteiger partial charge on any atom is -0.472 e. The summed E-state index contributed by atoms with van der Waals surface area (Å²) < 4.78 is 7.56. The molecule has 1 unspecified atom stereocenters. The van der Waals surface area contributed by atoms with Crippen LogP contribution in [0.25, 0.3) is 11.0 Å². The van der Waals surface area contributed by atoms with Crippen molar-refractivity contribution in [3.63, 3.8) is 0 Å². The SMILES string of the molecule is CN(CC(CCN1CCC(Nc2nc3ccccc3n2Cc2ccoc2)CC1)c1ccc(Cl)c(Cl)c1)C(=O)c1ccccc1. The van der Waals surface area contributed by atoms with Crippen molar-refractivity contribution in [1.82, 2.24) is 19.4 Å². The van der Waals surface area contributed by atoms with E-state index in [1.165, 1.54) is 0 Å². The van der Waals surface area contributed by atoms with Gasteiger partial charge in [-0.25, -0.2) is 4.98 Å². The molecule has 1 aliphatic heterocycles. The van der Waals surface area contributed by atoms with Gasteiger partial charge in [0.2, 0.25) is 5.95 Å². The second-order valence-electron chi connectivity index (χ2n) is 11.6. The van der Waals surface area contributed by atoms with Crippen LogP contribution >= 0.6 is 23.2 Å². The third kappa shape index (κ3) is 7.12. The molecule has 1 atom stereocenters. The molecule has 2 aromatic heterocycles. The van der Waals surface area contributed by atoms with E-state index in [-0.39, 0.29) is 11.8 Å². The van der Waals surface area contributed by atoms with E-state index in [1.807, 2.05) is 72.6 Å². The van der Waals surface area contributed by atoms with Crippen LogP contribution in [0.15, 0.2) is 95.8 Å². The van der Waals surface area contributed by atoms with Crippen LogP contribution < -0.4 is 5.32 Å². The monoisotopic (exact) mass is 629 g/mol. The van der Waals surface area contributed by atoms with Crippen molar-refractivity contribution in [3.05, 3.63) is 118 Å². The highest BCUT2D eigenvalue weighted by molar-refractivity contribution is 6.42. The van der Waals surface area contributed by atoms with Crippen molar-refractivity contribution in [2.75, 3.05) is 38.5 Å². The van der Waals surface area contributed by atoms with Crippen molar-refractivity contribution >= 4 is 46.1 Å². The van der Waals surface area contributed by atoms with Gasteiger partial charge >= 0.3 is 0 Å². The van der Waals surface area contributed by atoms with Gasteiger partial charge in [-0.15, -0.1) is 0 Å². The predicted octanol–water partition coefficient (Wildman–Crippen LogP) is 7.81. The number of fused-ring (bicyclic) bond motifs is 1. The number of halogens is 2. The molecule has 9 heteroatoms. The summed E-state index contributed by atoms with van der Waals surface area (Å²) in [7, 11) is 1.87. The lowest BCUT2D eigenvalue weighted by atomic mass is 9.94. The number of benzene rings is 3. The van der Waals surface area contributed by atoms with Crippen molar-refractivity contribution in [1.29, 1.82) is 0 Å². The predicted molar refractivity (Wildman–Crippen MR) is 178 cm³/mol. The quantitative estimate of drug-likeness (QED) is 0.161. The lowest BCUT2D eigenvalue weighted by Crippen LogP contribution is -2.40. The van der Waals surface area contributed by atoms with E-state index in [2.05, 4.69) is 33.0 Å². The van der Waals surface area contributed by atoms with Gasteiger partial charge in [-0.05, 0) is 73.8 Å². The molecule has 7 nitrogen and oxygen atoms in total. The molecule has 44 heavy (non-hydrogen) atoms. The Bertz CT molecular complexity index is 1680. The first-order valence-corrected chi connectivity index (χ1v) is 15.9. The van der Waals surface area contributed by atoms with E-state index < -0.39 is 0 Å². The van der Waals surface area contributed by atoms with Crippen LogP contribution in [-0.2, 0) is 6.54 Å². The number of nitrogens with zero attached hydrogens (tertiary/aromatic N) is 4. The Labute approximate surface area is 268 Å². The number of anilines is 1. The van der Waals surface area contributed by atoms with Crippen LogP contribution in [0.4, 0.5) is 5.95 Å². The second kappa shape index (κ2) is 13.9. The Kier molecular flexibility index (Phi) is 9.55. The summed E-state index contributed by atoms with van der Waals surface area (Å²) >= 11 is 12.7. The van der Waals surface area contributed by atoms with E-state index in [9.17, 15) is 4.79 Å².